The molecule has 1 aliphatic rings. The largest absolute Gasteiger partial charge is 0.235 e. The molecule has 2 nitrogen and oxygen atoms in total. The van der Waals surface area contributed by atoms with Crippen LogP contribution in [0, 0.1) is 5.92 Å². The molecule has 2 heteroatoms. The first-order chi connectivity index (χ1) is 11.9. The van der Waals surface area contributed by atoms with Crippen LogP contribution in [0.15, 0.2) is 4.99 Å². The topological polar surface area (TPSA) is 29.4 Å². The molecule has 1 saturated carbocycles. The van der Waals surface area contributed by atoms with Crippen molar-refractivity contribution in [2.24, 2.45) is 10.9 Å². The molecule has 2 atom stereocenters. The van der Waals surface area contributed by atoms with Crippen LogP contribution in [0.5, 0.6) is 0 Å². The zero-order valence-electron chi connectivity index (χ0n) is 16.2. The maximum Gasteiger partial charge on any atom is 0.235 e. The van der Waals surface area contributed by atoms with Crippen LogP contribution in [0.4, 0.5) is 0 Å². The predicted octanol–water partition coefficient (Wildman–Crippen LogP) is 7.36. The summed E-state index contributed by atoms with van der Waals surface area (Å²) in [5.41, 5.74) is 0. The van der Waals surface area contributed by atoms with Crippen molar-refractivity contribution in [2.45, 2.75) is 129 Å². The monoisotopic (exact) mass is 335 g/mol. The maximum atomic E-state index is 10.4. The Labute approximate surface area is 150 Å². The second kappa shape index (κ2) is 15.9. The van der Waals surface area contributed by atoms with E-state index in [0.717, 1.165) is 18.8 Å². The summed E-state index contributed by atoms with van der Waals surface area (Å²) >= 11 is 0. The highest BCUT2D eigenvalue weighted by Gasteiger charge is 2.20. The minimum atomic E-state index is 0.281. The van der Waals surface area contributed by atoms with Gasteiger partial charge in [-0.05, 0) is 18.8 Å². The van der Waals surface area contributed by atoms with E-state index in [1.807, 2.05) is 0 Å². The van der Waals surface area contributed by atoms with Gasteiger partial charge in [-0.2, -0.15) is 0 Å². The number of nitrogens with zero attached hydrogens (tertiary/aromatic N) is 1. The number of aliphatic imine (C=N–C) groups is 1. The number of carbonyl (C=O) groups excluding carboxylic acids is 1. The van der Waals surface area contributed by atoms with Crippen molar-refractivity contribution in [2.75, 3.05) is 0 Å². The van der Waals surface area contributed by atoms with E-state index in [1.165, 1.54) is 103 Å². The van der Waals surface area contributed by atoms with Crippen LogP contribution in [0.25, 0.3) is 0 Å². The van der Waals surface area contributed by atoms with Gasteiger partial charge in [-0.3, -0.25) is 0 Å². The van der Waals surface area contributed by atoms with E-state index in [-0.39, 0.29) is 6.04 Å². The van der Waals surface area contributed by atoms with Gasteiger partial charge < -0.3 is 0 Å². The molecule has 0 spiro atoms. The van der Waals surface area contributed by atoms with Gasteiger partial charge in [-0.15, -0.1) is 0 Å². The Balaban J connectivity index is 1.81. The Bertz CT molecular complexity index is 322. The average Bonchev–Trinajstić information content (AvgIpc) is 2.60. The molecule has 0 amide bonds. The van der Waals surface area contributed by atoms with Crippen molar-refractivity contribution >= 4 is 6.08 Å². The van der Waals surface area contributed by atoms with Gasteiger partial charge in [0.1, 0.15) is 0 Å². The van der Waals surface area contributed by atoms with Crippen LogP contribution in [-0.4, -0.2) is 12.1 Å². The van der Waals surface area contributed by atoms with Crippen LogP contribution in [0.2, 0.25) is 0 Å². The Hall–Kier alpha value is -0.620. The number of unbranched alkanes of at least 4 members (excludes halogenated alkanes) is 12. The van der Waals surface area contributed by atoms with Crippen molar-refractivity contribution in [3.63, 3.8) is 0 Å². The van der Waals surface area contributed by atoms with E-state index in [0.29, 0.717) is 0 Å². The fourth-order valence-electron chi connectivity index (χ4n) is 4.17. The van der Waals surface area contributed by atoms with E-state index in [9.17, 15) is 4.79 Å². The Kier molecular flexibility index (Phi) is 14.2. The zero-order chi connectivity index (χ0) is 17.3. The number of rotatable bonds is 15. The van der Waals surface area contributed by atoms with E-state index in [2.05, 4.69) is 11.9 Å². The third kappa shape index (κ3) is 11.8. The third-order valence-corrected chi connectivity index (χ3v) is 5.71. The van der Waals surface area contributed by atoms with E-state index < -0.39 is 0 Å². The number of isocyanates is 1. The van der Waals surface area contributed by atoms with Crippen molar-refractivity contribution < 1.29 is 4.79 Å². The third-order valence-electron chi connectivity index (χ3n) is 5.71. The molecule has 0 aromatic rings. The van der Waals surface area contributed by atoms with Gasteiger partial charge in [0.15, 0.2) is 0 Å². The molecule has 1 rings (SSSR count). The summed E-state index contributed by atoms with van der Waals surface area (Å²) < 4.78 is 0. The quantitative estimate of drug-likeness (QED) is 0.174. The van der Waals surface area contributed by atoms with Crippen molar-refractivity contribution in [1.82, 2.24) is 0 Å². The SMILES string of the molecule is CCCCCCCCCCCCCCCC1CCCC(N=C=O)C1. The van der Waals surface area contributed by atoms with Gasteiger partial charge in [0.25, 0.3) is 0 Å². The molecule has 0 saturated heterocycles. The highest BCUT2D eigenvalue weighted by molar-refractivity contribution is 5.33. The van der Waals surface area contributed by atoms with Gasteiger partial charge in [0, 0.05) is 0 Å². The fraction of sp³-hybridized carbons (Fsp3) is 0.955. The Morgan fingerprint density at radius 2 is 1.33 bits per heavy atom. The smallest absolute Gasteiger partial charge is 0.211 e. The number of hydrogen-bond acceptors (Lipinski definition) is 2. The molecule has 0 aliphatic heterocycles. The highest BCUT2D eigenvalue weighted by Crippen LogP contribution is 2.30. The first-order valence-corrected chi connectivity index (χ1v) is 10.9. The second-order valence-corrected chi connectivity index (χ2v) is 7.94. The normalized spacial score (nSPS) is 20.7. The summed E-state index contributed by atoms with van der Waals surface area (Å²) in [4.78, 5) is 14.3. The van der Waals surface area contributed by atoms with Gasteiger partial charge in [0.05, 0.1) is 6.04 Å². The van der Waals surface area contributed by atoms with Crippen molar-refractivity contribution in [1.29, 1.82) is 0 Å². The van der Waals surface area contributed by atoms with Gasteiger partial charge in [0.2, 0.25) is 6.08 Å². The summed E-state index contributed by atoms with van der Waals surface area (Å²) in [6, 6.07) is 0.281. The lowest BCUT2D eigenvalue weighted by molar-refractivity contribution is 0.299. The lowest BCUT2D eigenvalue weighted by Crippen LogP contribution is -2.18. The Morgan fingerprint density at radius 1 is 0.792 bits per heavy atom. The minimum absolute atomic E-state index is 0.281. The molecule has 24 heavy (non-hydrogen) atoms. The zero-order valence-corrected chi connectivity index (χ0v) is 16.2. The predicted molar refractivity (Wildman–Crippen MR) is 104 cm³/mol. The summed E-state index contributed by atoms with van der Waals surface area (Å²) in [5.74, 6) is 0.813. The Morgan fingerprint density at radius 3 is 1.88 bits per heavy atom. The van der Waals surface area contributed by atoms with Crippen LogP contribution in [-0.2, 0) is 4.79 Å². The van der Waals surface area contributed by atoms with E-state index >= 15 is 0 Å². The van der Waals surface area contributed by atoms with Crippen LogP contribution in [0.3, 0.4) is 0 Å². The van der Waals surface area contributed by atoms with E-state index in [1.54, 1.807) is 6.08 Å². The number of hydrogen-bond donors (Lipinski definition) is 0. The van der Waals surface area contributed by atoms with Crippen molar-refractivity contribution in [3.05, 3.63) is 0 Å². The first kappa shape index (κ1) is 21.4. The molecule has 0 N–H and O–H groups in total. The molecule has 0 aromatic heterocycles. The van der Waals surface area contributed by atoms with Crippen LogP contribution >= 0.6 is 0 Å². The molecule has 0 aromatic carbocycles. The molecule has 0 bridgehead atoms. The summed E-state index contributed by atoms with van der Waals surface area (Å²) in [5, 5.41) is 0. The molecule has 2 unspecified atom stereocenters. The van der Waals surface area contributed by atoms with Crippen molar-refractivity contribution in [3.8, 4) is 0 Å². The maximum absolute atomic E-state index is 10.4. The summed E-state index contributed by atoms with van der Waals surface area (Å²) in [6.45, 7) is 2.29. The molecule has 1 fully saturated rings. The first-order valence-electron chi connectivity index (χ1n) is 10.9. The lowest BCUT2D eigenvalue weighted by Gasteiger charge is -2.25. The molecule has 0 radical (unpaired) electrons. The van der Waals surface area contributed by atoms with Gasteiger partial charge in [-0.25, -0.2) is 9.79 Å². The van der Waals surface area contributed by atoms with E-state index in [4.69, 9.17) is 0 Å². The minimum Gasteiger partial charge on any atom is -0.211 e. The molecule has 1 aliphatic carbocycles. The van der Waals surface area contributed by atoms with Crippen LogP contribution < -0.4 is 0 Å². The molecule has 140 valence electrons. The second-order valence-electron chi connectivity index (χ2n) is 7.94. The molecule has 0 heterocycles. The summed E-state index contributed by atoms with van der Waals surface area (Å²) in [7, 11) is 0. The molecular formula is C22H41NO. The van der Waals surface area contributed by atoms with Gasteiger partial charge >= 0.3 is 0 Å². The fourth-order valence-corrected chi connectivity index (χ4v) is 4.17. The standard InChI is InChI=1S/C22H41NO/c1-2-3-4-5-6-7-8-9-10-11-12-13-14-16-21-17-15-18-22(19-21)23-20-24/h21-22H,2-19H2,1H3. The van der Waals surface area contributed by atoms with Gasteiger partial charge in [-0.1, -0.05) is 110 Å². The highest BCUT2D eigenvalue weighted by atomic mass is 16.1. The lowest BCUT2D eigenvalue weighted by atomic mass is 9.83. The summed E-state index contributed by atoms with van der Waals surface area (Å²) in [6.07, 6.45) is 26.5. The average molecular weight is 336 g/mol. The van der Waals surface area contributed by atoms with Crippen LogP contribution in [0.1, 0.15) is 122 Å². The molecular weight excluding hydrogens is 294 g/mol.